The lowest BCUT2D eigenvalue weighted by Gasteiger charge is -2.22. The average Bonchev–Trinajstić information content (AvgIpc) is 2.74. The fourth-order valence-electron chi connectivity index (χ4n) is 3.46. The van der Waals surface area contributed by atoms with Gasteiger partial charge in [-0.1, -0.05) is 62.4 Å². The maximum Gasteiger partial charge on any atom is 0.251 e. The Balaban J connectivity index is 1.72. The van der Waals surface area contributed by atoms with Crippen LogP contribution in [-0.2, 0) is 6.61 Å². The Kier molecular flexibility index (Phi) is 7.29. The summed E-state index contributed by atoms with van der Waals surface area (Å²) in [6.07, 6.45) is 0.894. The third-order valence-corrected chi connectivity index (χ3v) is 5.28. The van der Waals surface area contributed by atoms with Gasteiger partial charge in [0.25, 0.3) is 5.91 Å². The molecule has 1 amide bonds. The molecule has 3 aromatic rings. The van der Waals surface area contributed by atoms with Gasteiger partial charge in [0.05, 0.1) is 6.04 Å². The highest BCUT2D eigenvalue weighted by Crippen LogP contribution is 2.24. The van der Waals surface area contributed by atoms with Crippen LogP contribution in [0.2, 0.25) is 0 Å². The molecule has 156 valence electrons. The lowest BCUT2D eigenvalue weighted by Crippen LogP contribution is -2.29. The maximum absolute atomic E-state index is 13.0. The first-order chi connectivity index (χ1) is 14.4. The summed E-state index contributed by atoms with van der Waals surface area (Å²) < 4.78 is 5.82. The molecule has 0 fully saturated rings. The fraction of sp³-hybridized carbons (Fsp3) is 0.296. The van der Waals surface area contributed by atoms with Crippen LogP contribution in [0.1, 0.15) is 58.9 Å². The van der Waals surface area contributed by atoms with E-state index >= 15 is 0 Å². The molecule has 0 aliphatic rings. The minimum Gasteiger partial charge on any atom is -0.489 e. The van der Waals surface area contributed by atoms with Crippen molar-refractivity contribution in [2.24, 2.45) is 5.92 Å². The lowest BCUT2D eigenvalue weighted by atomic mass is 9.94. The zero-order valence-corrected chi connectivity index (χ0v) is 18.3. The molecule has 0 aromatic heterocycles. The second-order valence-corrected chi connectivity index (χ2v) is 8.30. The van der Waals surface area contributed by atoms with Crippen molar-refractivity contribution in [1.29, 1.82) is 0 Å². The van der Waals surface area contributed by atoms with Gasteiger partial charge < -0.3 is 10.1 Å². The largest absolute Gasteiger partial charge is 0.489 e. The topological polar surface area (TPSA) is 38.3 Å². The van der Waals surface area contributed by atoms with Crippen LogP contribution < -0.4 is 10.1 Å². The van der Waals surface area contributed by atoms with Gasteiger partial charge in [-0.2, -0.15) is 0 Å². The third kappa shape index (κ3) is 5.96. The van der Waals surface area contributed by atoms with Crippen molar-refractivity contribution in [2.45, 2.75) is 46.8 Å². The summed E-state index contributed by atoms with van der Waals surface area (Å²) in [6, 6.07) is 23.8. The Bertz CT molecular complexity index is 979. The van der Waals surface area contributed by atoms with E-state index in [0.717, 1.165) is 23.3 Å². The smallest absolute Gasteiger partial charge is 0.251 e. The number of hydrogen-bond acceptors (Lipinski definition) is 2. The van der Waals surface area contributed by atoms with E-state index in [9.17, 15) is 4.79 Å². The first-order valence-corrected chi connectivity index (χ1v) is 10.6. The van der Waals surface area contributed by atoms with Crippen LogP contribution in [0, 0.1) is 19.8 Å². The van der Waals surface area contributed by atoms with Crippen LogP contribution in [0.4, 0.5) is 0 Å². The number of ether oxygens (including phenoxy) is 1. The van der Waals surface area contributed by atoms with E-state index in [2.05, 4.69) is 51.2 Å². The molecule has 1 unspecified atom stereocenters. The van der Waals surface area contributed by atoms with E-state index in [4.69, 9.17) is 4.74 Å². The molecule has 0 spiro atoms. The van der Waals surface area contributed by atoms with E-state index in [1.54, 1.807) is 0 Å². The van der Waals surface area contributed by atoms with Crippen molar-refractivity contribution in [3.8, 4) is 5.75 Å². The summed E-state index contributed by atoms with van der Waals surface area (Å²) >= 11 is 0. The molecule has 0 saturated carbocycles. The van der Waals surface area contributed by atoms with Crippen molar-refractivity contribution in [3.05, 3.63) is 101 Å². The van der Waals surface area contributed by atoms with E-state index < -0.39 is 0 Å². The minimum absolute atomic E-state index is 0.0129. The molecule has 0 aliphatic heterocycles. The molecule has 0 heterocycles. The summed E-state index contributed by atoms with van der Waals surface area (Å²) in [4.78, 5) is 13.0. The van der Waals surface area contributed by atoms with Gasteiger partial charge in [0.15, 0.2) is 0 Å². The number of benzene rings is 3. The highest BCUT2D eigenvalue weighted by molar-refractivity contribution is 5.94. The lowest BCUT2D eigenvalue weighted by molar-refractivity contribution is 0.0931. The molecule has 3 nitrogen and oxygen atoms in total. The van der Waals surface area contributed by atoms with Gasteiger partial charge in [-0.05, 0) is 72.7 Å². The zero-order valence-electron chi connectivity index (χ0n) is 18.3. The SMILES string of the molecule is Cc1ccc(C(CC(C)C)NC(=O)c2cccc(COc3ccccc3)c2)cc1C. The molecule has 1 N–H and O–H groups in total. The number of para-hydroxylation sites is 1. The van der Waals surface area contributed by atoms with E-state index in [1.807, 2.05) is 54.6 Å². The Morgan fingerprint density at radius 1 is 0.900 bits per heavy atom. The van der Waals surface area contributed by atoms with Crippen LogP contribution in [0.15, 0.2) is 72.8 Å². The molecule has 0 aliphatic carbocycles. The number of rotatable bonds is 8. The second kappa shape index (κ2) is 10.1. The number of nitrogens with one attached hydrogen (secondary N) is 1. The Labute approximate surface area is 180 Å². The molecule has 3 heteroatoms. The summed E-state index contributed by atoms with van der Waals surface area (Å²) in [5.41, 5.74) is 5.29. The first kappa shape index (κ1) is 21.6. The average molecular weight is 402 g/mol. The highest BCUT2D eigenvalue weighted by atomic mass is 16.5. The van der Waals surface area contributed by atoms with Crippen molar-refractivity contribution in [2.75, 3.05) is 0 Å². The number of hydrogen-bond donors (Lipinski definition) is 1. The van der Waals surface area contributed by atoms with Gasteiger partial charge in [-0.15, -0.1) is 0 Å². The van der Waals surface area contributed by atoms with Gasteiger partial charge in [-0.3, -0.25) is 4.79 Å². The van der Waals surface area contributed by atoms with E-state index in [1.165, 1.54) is 11.1 Å². The zero-order chi connectivity index (χ0) is 21.5. The van der Waals surface area contributed by atoms with Crippen LogP contribution in [0.25, 0.3) is 0 Å². The van der Waals surface area contributed by atoms with Gasteiger partial charge in [-0.25, -0.2) is 0 Å². The second-order valence-electron chi connectivity index (χ2n) is 8.30. The molecule has 3 aromatic carbocycles. The Morgan fingerprint density at radius 2 is 1.67 bits per heavy atom. The van der Waals surface area contributed by atoms with Crippen molar-refractivity contribution in [3.63, 3.8) is 0 Å². The normalized spacial score (nSPS) is 11.9. The molecule has 1 atom stereocenters. The monoisotopic (exact) mass is 401 g/mol. The Morgan fingerprint density at radius 3 is 2.37 bits per heavy atom. The molecule has 0 bridgehead atoms. The quantitative estimate of drug-likeness (QED) is 0.474. The summed E-state index contributed by atoms with van der Waals surface area (Å²) in [5.74, 6) is 1.24. The molecule has 3 rings (SSSR count). The fourth-order valence-corrected chi connectivity index (χ4v) is 3.46. The summed E-state index contributed by atoms with van der Waals surface area (Å²) in [6.45, 7) is 9.02. The number of carbonyl (C=O) groups excluding carboxylic acids is 1. The minimum atomic E-state index is -0.0551. The molecular formula is C27H31NO2. The van der Waals surface area contributed by atoms with E-state index in [0.29, 0.717) is 18.1 Å². The number of carbonyl (C=O) groups is 1. The van der Waals surface area contributed by atoms with Gasteiger partial charge in [0.2, 0.25) is 0 Å². The maximum atomic E-state index is 13.0. The standard InChI is InChI=1S/C27H31NO2/c1-19(2)15-26(23-14-13-20(3)21(4)16-23)28-27(29)24-10-8-9-22(17-24)18-30-25-11-6-5-7-12-25/h5-14,16-17,19,26H,15,18H2,1-4H3,(H,28,29). The van der Waals surface area contributed by atoms with Crippen LogP contribution >= 0.6 is 0 Å². The predicted octanol–water partition coefficient (Wildman–Crippen LogP) is 6.40. The van der Waals surface area contributed by atoms with Crippen molar-refractivity contribution in [1.82, 2.24) is 5.32 Å². The van der Waals surface area contributed by atoms with Crippen LogP contribution in [0.3, 0.4) is 0 Å². The number of amides is 1. The predicted molar refractivity (Wildman–Crippen MR) is 123 cm³/mol. The van der Waals surface area contributed by atoms with Crippen LogP contribution in [0.5, 0.6) is 5.75 Å². The van der Waals surface area contributed by atoms with Crippen molar-refractivity contribution >= 4 is 5.91 Å². The van der Waals surface area contributed by atoms with Crippen LogP contribution in [-0.4, -0.2) is 5.91 Å². The number of aryl methyl sites for hydroxylation is 2. The summed E-state index contributed by atoms with van der Waals surface area (Å²) in [5, 5.41) is 3.25. The van der Waals surface area contributed by atoms with Gasteiger partial charge in [0.1, 0.15) is 12.4 Å². The van der Waals surface area contributed by atoms with Gasteiger partial charge >= 0.3 is 0 Å². The van der Waals surface area contributed by atoms with Crippen molar-refractivity contribution < 1.29 is 9.53 Å². The molecule has 0 saturated heterocycles. The Hall–Kier alpha value is -3.07. The molecule has 0 radical (unpaired) electrons. The highest BCUT2D eigenvalue weighted by Gasteiger charge is 2.18. The van der Waals surface area contributed by atoms with Gasteiger partial charge in [0, 0.05) is 5.56 Å². The molecule has 30 heavy (non-hydrogen) atoms. The molecular weight excluding hydrogens is 370 g/mol. The third-order valence-electron chi connectivity index (χ3n) is 5.28. The summed E-state index contributed by atoms with van der Waals surface area (Å²) in [7, 11) is 0. The first-order valence-electron chi connectivity index (χ1n) is 10.6. The van der Waals surface area contributed by atoms with E-state index in [-0.39, 0.29) is 11.9 Å².